The number of thioether (sulfide) groups is 1. The molecule has 0 spiro atoms. The van der Waals surface area contributed by atoms with E-state index in [0.29, 0.717) is 17.4 Å². The zero-order chi connectivity index (χ0) is 18.4. The molecule has 0 heterocycles. The summed E-state index contributed by atoms with van der Waals surface area (Å²) < 4.78 is 0. The van der Waals surface area contributed by atoms with Crippen molar-refractivity contribution in [1.82, 2.24) is 4.90 Å². The number of nitro groups is 1. The van der Waals surface area contributed by atoms with Gasteiger partial charge >= 0.3 is 0 Å². The summed E-state index contributed by atoms with van der Waals surface area (Å²) in [6.07, 6.45) is 0. The average molecular weight is 353 g/mol. The Morgan fingerprint density at radius 2 is 1.92 bits per heavy atom. The highest BCUT2D eigenvalue weighted by Gasteiger charge is 2.21. The minimum absolute atomic E-state index is 0.0627. The molecule has 0 atom stereocenters. The number of nitrogens with zero attached hydrogens (tertiary/aromatic N) is 2. The Morgan fingerprint density at radius 1 is 1.29 bits per heavy atom. The molecule has 132 valence electrons. The van der Waals surface area contributed by atoms with E-state index in [-0.39, 0.29) is 29.0 Å². The van der Waals surface area contributed by atoms with E-state index in [9.17, 15) is 19.7 Å². The second kappa shape index (κ2) is 8.68. The maximum atomic E-state index is 12.4. The number of nitrogens with two attached hydrogens (primary N) is 1. The first-order chi connectivity index (χ1) is 11.1. The van der Waals surface area contributed by atoms with Gasteiger partial charge in [0.1, 0.15) is 0 Å². The van der Waals surface area contributed by atoms with Gasteiger partial charge in [-0.3, -0.25) is 19.7 Å². The SMILES string of the molecule is CC(C)CN(C(=O)CSc1ccc(C(N)=O)cc1[N+](=O)[O-])C(C)C. The second-order valence-corrected chi connectivity index (χ2v) is 7.14. The van der Waals surface area contributed by atoms with Crippen LogP contribution in [0.25, 0.3) is 0 Å². The molecule has 0 aromatic heterocycles. The minimum Gasteiger partial charge on any atom is -0.366 e. The number of rotatable bonds is 8. The summed E-state index contributed by atoms with van der Waals surface area (Å²) in [6, 6.07) is 4.09. The zero-order valence-corrected chi connectivity index (χ0v) is 15.1. The molecule has 24 heavy (non-hydrogen) atoms. The molecule has 0 unspecified atom stereocenters. The highest BCUT2D eigenvalue weighted by atomic mass is 32.2. The first-order valence-corrected chi connectivity index (χ1v) is 8.62. The number of primary amides is 1. The third kappa shape index (κ3) is 5.52. The van der Waals surface area contributed by atoms with Gasteiger partial charge in [-0.15, -0.1) is 11.8 Å². The van der Waals surface area contributed by atoms with Crippen LogP contribution in [0, 0.1) is 16.0 Å². The second-order valence-electron chi connectivity index (χ2n) is 6.13. The monoisotopic (exact) mass is 353 g/mol. The summed E-state index contributed by atoms with van der Waals surface area (Å²) in [5, 5.41) is 11.2. The summed E-state index contributed by atoms with van der Waals surface area (Å²) in [5.74, 6) is -0.363. The first kappa shape index (κ1) is 20.0. The highest BCUT2D eigenvalue weighted by molar-refractivity contribution is 8.00. The van der Waals surface area contributed by atoms with Crippen molar-refractivity contribution in [2.45, 2.75) is 38.6 Å². The molecule has 1 aromatic rings. The quantitative estimate of drug-likeness (QED) is 0.439. The van der Waals surface area contributed by atoms with Crippen LogP contribution < -0.4 is 5.73 Å². The predicted molar refractivity (Wildman–Crippen MR) is 94.0 cm³/mol. The average Bonchev–Trinajstić information content (AvgIpc) is 2.49. The Balaban J connectivity index is 2.91. The van der Waals surface area contributed by atoms with Gasteiger partial charge in [-0.2, -0.15) is 0 Å². The van der Waals surface area contributed by atoms with E-state index < -0.39 is 10.8 Å². The van der Waals surface area contributed by atoms with Crippen LogP contribution >= 0.6 is 11.8 Å². The number of carbonyl (C=O) groups is 2. The molecule has 0 saturated heterocycles. The molecule has 0 aliphatic carbocycles. The number of carbonyl (C=O) groups excluding carboxylic acids is 2. The number of hydrogen-bond acceptors (Lipinski definition) is 5. The van der Waals surface area contributed by atoms with Crippen LogP contribution in [0.15, 0.2) is 23.1 Å². The Bertz CT molecular complexity index is 632. The van der Waals surface area contributed by atoms with E-state index >= 15 is 0 Å². The van der Waals surface area contributed by atoms with Crippen LogP contribution in [0.2, 0.25) is 0 Å². The Kier molecular flexibility index (Phi) is 7.21. The lowest BCUT2D eigenvalue weighted by molar-refractivity contribution is -0.387. The molecular formula is C16H23N3O4S. The lowest BCUT2D eigenvalue weighted by Crippen LogP contribution is -2.40. The molecular weight excluding hydrogens is 330 g/mol. The van der Waals surface area contributed by atoms with Crippen LogP contribution in [0.1, 0.15) is 38.1 Å². The molecule has 1 rings (SSSR count). The lowest BCUT2D eigenvalue weighted by atomic mass is 10.2. The molecule has 0 aliphatic rings. The third-order valence-electron chi connectivity index (χ3n) is 3.30. The molecule has 0 fully saturated rings. The van der Waals surface area contributed by atoms with Crippen LogP contribution in [-0.4, -0.2) is 40.0 Å². The maximum Gasteiger partial charge on any atom is 0.283 e. The number of nitro benzene ring substituents is 1. The maximum absolute atomic E-state index is 12.4. The largest absolute Gasteiger partial charge is 0.366 e. The molecule has 0 aliphatic heterocycles. The van der Waals surface area contributed by atoms with Gasteiger partial charge in [0.2, 0.25) is 11.8 Å². The summed E-state index contributed by atoms with van der Waals surface area (Å²) in [4.78, 5) is 36.3. The van der Waals surface area contributed by atoms with Gasteiger partial charge in [0.15, 0.2) is 0 Å². The van der Waals surface area contributed by atoms with Crippen molar-refractivity contribution in [3.63, 3.8) is 0 Å². The van der Waals surface area contributed by atoms with Gasteiger partial charge < -0.3 is 10.6 Å². The molecule has 2 N–H and O–H groups in total. The van der Waals surface area contributed by atoms with Crippen molar-refractivity contribution in [3.05, 3.63) is 33.9 Å². The van der Waals surface area contributed by atoms with Gasteiger partial charge in [-0.25, -0.2) is 0 Å². The van der Waals surface area contributed by atoms with E-state index in [2.05, 4.69) is 0 Å². The summed E-state index contributed by atoms with van der Waals surface area (Å²) in [5.41, 5.74) is 5.00. The molecule has 0 bridgehead atoms. The summed E-state index contributed by atoms with van der Waals surface area (Å²) >= 11 is 1.09. The fourth-order valence-electron chi connectivity index (χ4n) is 2.15. The van der Waals surface area contributed by atoms with Crippen LogP contribution in [-0.2, 0) is 4.79 Å². The Labute approximate surface area is 145 Å². The molecule has 0 radical (unpaired) electrons. The smallest absolute Gasteiger partial charge is 0.283 e. The predicted octanol–water partition coefficient (Wildman–Crippen LogP) is 2.68. The Morgan fingerprint density at radius 3 is 2.38 bits per heavy atom. The minimum atomic E-state index is -0.728. The number of hydrogen-bond donors (Lipinski definition) is 1. The number of benzene rings is 1. The topological polar surface area (TPSA) is 107 Å². The molecule has 8 heteroatoms. The van der Waals surface area contributed by atoms with Crippen molar-refractivity contribution < 1.29 is 14.5 Å². The van der Waals surface area contributed by atoms with E-state index in [1.165, 1.54) is 12.1 Å². The normalized spacial score (nSPS) is 10.9. The van der Waals surface area contributed by atoms with Crippen LogP contribution in [0.4, 0.5) is 5.69 Å². The summed E-state index contributed by atoms with van der Waals surface area (Å²) in [6.45, 7) is 8.58. The number of amides is 2. The molecule has 1 aromatic carbocycles. The van der Waals surface area contributed by atoms with Gasteiger partial charge in [-0.05, 0) is 31.9 Å². The Hall–Kier alpha value is -2.09. The van der Waals surface area contributed by atoms with Crippen molar-refractivity contribution in [3.8, 4) is 0 Å². The zero-order valence-electron chi connectivity index (χ0n) is 14.3. The molecule has 2 amide bonds. The van der Waals surface area contributed by atoms with Gasteiger partial charge in [0, 0.05) is 24.2 Å². The van der Waals surface area contributed by atoms with E-state index in [4.69, 9.17) is 5.73 Å². The van der Waals surface area contributed by atoms with Crippen molar-refractivity contribution >= 4 is 29.3 Å². The van der Waals surface area contributed by atoms with E-state index in [0.717, 1.165) is 17.8 Å². The lowest BCUT2D eigenvalue weighted by Gasteiger charge is -2.28. The van der Waals surface area contributed by atoms with Crippen LogP contribution in [0.3, 0.4) is 0 Å². The summed E-state index contributed by atoms with van der Waals surface area (Å²) in [7, 11) is 0. The first-order valence-electron chi connectivity index (χ1n) is 7.64. The van der Waals surface area contributed by atoms with Crippen molar-refractivity contribution in [2.75, 3.05) is 12.3 Å². The van der Waals surface area contributed by atoms with Crippen LogP contribution in [0.5, 0.6) is 0 Å². The van der Waals surface area contributed by atoms with Crippen molar-refractivity contribution in [1.29, 1.82) is 0 Å². The molecule has 0 saturated carbocycles. The highest BCUT2D eigenvalue weighted by Crippen LogP contribution is 2.30. The fraction of sp³-hybridized carbons (Fsp3) is 0.500. The van der Waals surface area contributed by atoms with Gasteiger partial charge in [-0.1, -0.05) is 13.8 Å². The van der Waals surface area contributed by atoms with Crippen molar-refractivity contribution in [2.24, 2.45) is 11.7 Å². The van der Waals surface area contributed by atoms with Gasteiger partial charge in [0.05, 0.1) is 15.6 Å². The third-order valence-corrected chi connectivity index (χ3v) is 4.34. The standard InChI is InChI=1S/C16H23N3O4S/c1-10(2)8-18(11(3)4)15(20)9-24-14-6-5-12(16(17)21)7-13(14)19(22)23/h5-7,10-11H,8-9H2,1-4H3,(H2,17,21). The molecule has 7 nitrogen and oxygen atoms in total. The fourth-order valence-corrected chi connectivity index (χ4v) is 3.04. The van der Waals surface area contributed by atoms with Gasteiger partial charge in [0.25, 0.3) is 5.69 Å². The van der Waals surface area contributed by atoms with E-state index in [1.54, 1.807) is 4.90 Å². The van der Waals surface area contributed by atoms with E-state index in [1.807, 2.05) is 27.7 Å².